The number of benzene rings is 1. The molecule has 0 atom stereocenters. The maximum atomic E-state index is 12.9. The second kappa shape index (κ2) is 4.20. The molecule has 1 aromatic carbocycles. The number of nitrogens with two attached hydrogens (primary N) is 1. The molecular formula is C12H11FN6. The van der Waals surface area contributed by atoms with Crippen LogP contribution in [0.3, 0.4) is 0 Å². The molecule has 19 heavy (non-hydrogen) atoms. The Morgan fingerprint density at radius 2 is 1.95 bits per heavy atom. The van der Waals surface area contributed by atoms with Crippen LogP contribution in [0.4, 0.5) is 21.8 Å². The van der Waals surface area contributed by atoms with Gasteiger partial charge in [-0.05, 0) is 24.3 Å². The van der Waals surface area contributed by atoms with Crippen LogP contribution in [0.2, 0.25) is 0 Å². The summed E-state index contributed by atoms with van der Waals surface area (Å²) in [5.41, 5.74) is 7.03. The molecule has 96 valence electrons. The zero-order valence-corrected chi connectivity index (χ0v) is 10.1. The van der Waals surface area contributed by atoms with Crippen LogP contribution in [0.25, 0.3) is 11.0 Å². The van der Waals surface area contributed by atoms with Crippen molar-refractivity contribution in [3.8, 4) is 0 Å². The fraction of sp³-hybridized carbons (Fsp3) is 0.0833. The van der Waals surface area contributed by atoms with Crippen molar-refractivity contribution in [2.24, 2.45) is 0 Å². The third-order valence-electron chi connectivity index (χ3n) is 2.84. The Balaban J connectivity index is 2.12. The maximum absolute atomic E-state index is 12.9. The standard InChI is InChI=1S/C12H11FN6/c1-19(8-4-2-7(13)3-5-8)11-9-6-15-18-10(9)16-12(14)17-11/h2-6H,1H3,(H3,14,15,16,17,18). The Hall–Kier alpha value is -2.70. The van der Waals surface area contributed by atoms with Crippen molar-refractivity contribution < 1.29 is 4.39 Å². The number of fused-ring (bicyclic) bond motifs is 1. The van der Waals surface area contributed by atoms with Gasteiger partial charge in [0.05, 0.1) is 11.6 Å². The number of halogens is 1. The number of H-pyrrole nitrogens is 1. The van der Waals surface area contributed by atoms with E-state index in [0.717, 1.165) is 11.1 Å². The normalized spacial score (nSPS) is 10.8. The fourth-order valence-corrected chi connectivity index (χ4v) is 1.88. The number of aromatic nitrogens is 4. The van der Waals surface area contributed by atoms with E-state index < -0.39 is 0 Å². The Morgan fingerprint density at radius 1 is 1.21 bits per heavy atom. The predicted molar refractivity (Wildman–Crippen MR) is 70.6 cm³/mol. The molecule has 0 saturated carbocycles. The van der Waals surface area contributed by atoms with Gasteiger partial charge < -0.3 is 10.6 Å². The number of rotatable bonds is 2. The summed E-state index contributed by atoms with van der Waals surface area (Å²) < 4.78 is 12.9. The van der Waals surface area contributed by atoms with Crippen molar-refractivity contribution in [3.63, 3.8) is 0 Å². The molecule has 3 N–H and O–H groups in total. The average Bonchev–Trinajstić information content (AvgIpc) is 2.85. The minimum atomic E-state index is -0.284. The van der Waals surface area contributed by atoms with Gasteiger partial charge in [0, 0.05) is 12.7 Å². The van der Waals surface area contributed by atoms with Gasteiger partial charge in [0.15, 0.2) is 5.65 Å². The van der Waals surface area contributed by atoms with Gasteiger partial charge >= 0.3 is 0 Å². The molecule has 2 heterocycles. The first-order valence-corrected chi connectivity index (χ1v) is 5.61. The molecule has 2 aromatic heterocycles. The fourth-order valence-electron chi connectivity index (χ4n) is 1.88. The molecular weight excluding hydrogens is 247 g/mol. The van der Waals surface area contributed by atoms with E-state index in [2.05, 4.69) is 20.2 Å². The number of hydrogen-bond donors (Lipinski definition) is 2. The van der Waals surface area contributed by atoms with Crippen molar-refractivity contribution in [1.82, 2.24) is 20.2 Å². The number of nitrogens with zero attached hydrogens (tertiary/aromatic N) is 4. The van der Waals surface area contributed by atoms with E-state index in [-0.39, 0.29) is 11.8 Å². The molecule has 0 radical (unpaired) electrons. The number of nitrogen functional groups attached to an aromatic ring is 1. The van der Waals surface area contributed by atoms with E-state index in [1.165, 1.54) is 12.1 Å². The summed E-state index contributed by atoms with van der Waals surface area (Å²) in [6.45, 7) is 0. The lowest BCUT2D eigenvalue weighted by Crippen LogP contribution is -2.13. The van der Waals surface area contributed by atoms with Crippen molar-refractivity contribution in [3.05, 3.63) is 36.3 Å². The summed E-state index contributed by atoms with van der Waals surface area (Å²) in [6, 6.07) is 6.12. The molecule has 0 saturated heterocycles. The summed E-state index contributed by atoms with van der Waals surface area (Å²) in [6.07, 6.45) is 1.63. The molecule has 3 aromatic rings. The van der Waals surface area contributed by atoms with Gasteiger partial charge in [0.25, 0.3) is 0 Å². The Bertz CT molecular complexity index is 721. The van der Waals surface area contributed by atoms with Gasteiger partial charge in [-0.25, -0.2) is 4.39 Å². The lowest BCUT2D eigenvalue weighted by molar-refractivity contribution is 0.628. The van der Waals surface area contributed by atoms with Crippen LogP contribution in [-0.4, -0.2) is 27.2 Å². The molecule has 0 bridgehead atoms. The summed E-state index contributed by atoms with van der Waals surface area (Å²) in [5.74, 6) is 0.483. The number of anilines is 3. The monoisotopic (exact) mass is 258 g/mol. The van der Waals surface area contributed by atoms with Gasteiger partial charge in [-0.15, -0.1) is 0 Å². The first-order valence-electron chi connectivity index (χ1n) is 5.61. The summed E-state index contributed by atoms with van der Waals surface area (Å²) >= 11 is 0. The van der Waals surface area contributed by atoms with Gasteiger partial charge in [-0.2, -0.15) is 15.1 Å². The van der Waals surface area contributed by atoms with Gasteiger partial charge in [-0.3, -0.25) is 5.10 Å². The van der Waals surface area contributed by atoms with Gasteiger partial charge in [0.1, 0.15) is 11.6 Å². The van der Waals surface area contributed by atoms with Crippen molar-refractivity contribution in [2.75, 3.05) is 17.7 Å². The summed E-state index contributed by atoms with van der Waals surface area (Å²) in [5, 5.41) is 7.42. The van der Waals surface area contributed by atoms with E-state index in [1.807, 2.05) is 7.05 Å². The topological polar surface area (TPSA) is 83.7 Å². The van der Waals surface area contributed by atoms with E-state index in [9.17, 15) is 4.39 Å². The van der Waals surface area contributed by atoms with Crippen LogP contribution >= 0.6 is 0 Å². The van der Waals surface area contributed by atoms with E-state index in [0.29, 0.717) is 11.5 Å². The highest BCUT2D eigenvalue weighted by Crippen LogP contribution is 2.28. The molecule has 0 aliphatic carbocycles. The quantitative estimate of drug-likeness (QED) is 0.732. The second-order valence-corrected chi connectivity index (χ2v) is 4.07. The molecule has 0 aliphatic heterocycles. The summed E-state index contributed by atoms with van der Waals surface area (Å²) in [7, 11) is 1.82. The SMILES string of the molecule is CN(c1ccc(F)cc1)c1nc(N)nc2[nH]ncc12. The van der Waals surface area contributed by atoms with Crippen LogP contribution < -0.4 is 10.6 Å². The Morgan fingerprint density at radius 3 is 2.68 bits per heavy atom. The highest BCUT2D eigenvalue weighted by Gasteiger charge is 2.13. The zero-order chi connectivity index (χ0) is 13.4. The molecule has 0 unspecified atom stereocenters. The van der Waals surface area contributed by atoms with Gasteiger partial charge in [0.2, 0.25) is 5.95 Å². The molecule has 3 rings (SSSR count). The Labute approximate surface area is 108 Å². The highest BCUT2D eigenvalue weighted by atomic mass is 19.1. The molecule has 0 spiro atoms. The minimum absolute atomic E-state index is 0.153. The first kappa shape index (κ1) is 11.4. The van der Waals surface area contributed by atoms with Crippen LogP contribution in [0.1, 0.15) is 0 Å². The molecule has 0 amide bonds. The van der Waals surface area contributed by atoms with Crippen molar-refractivity contribution in [1.29, 1.82) is 0 Å². The van der Waals surface area contributed by atoms with Gasteiger partial charge in [-0.1, -0.05) is 0 Å². The second-order valence-electron chi connectivity index (χ2n) is 4.07. The maximum Gasteiger partial charge on any atom is 0.224 e. The lowest BCUT2D eigenvalue weighted by atomic mass is 10.2. The Kier molecular flexibility index (Phi) is 2.52. The predicted octanol–water partition coefficient (Wildman–Crippen LogP) is 1.84. The first-order chi connectivity index (χ1) is 9.15. The molecule has 7 heteroatoms. The molecule has 0 fully saturated rings. The third kappa shape index (κ3) is 1.95. The number of aromatic amines is 1. The minimum Gasteiger partial charge on any atom is -0.368 e. The van der Waals surface area contributed by atoms with E-state index >= 15 is 0 Å². The van der Waals surface area contributed by atoms with Crippen LogP contribution in [0, 0.1) is 5.82 Å². The number of hydrogen-bond acceptors (Lipinski definition) is 5. The molecule has 0 aliphatic rings. The zero-order valence-electron chi connectivity index (χ0n) is 10.1. The van der Waals surface area contributed by atoms with E-state index in [1.54, 1.807) is 23.2 Å². The highest BCUT2D eigenvalue weighted by molar-refractivity contribution is 5.89. The van der Waals surface area contributed by atoms with Crippen molar-refractivity contribution in [2.45, 2.75) is 0 Å². The van der Waals surface area contributed by atoms with Crippen LogP contribution in [-0.2, 0) is 0 Å². The van der Waals surface area contributed by atoms with Crippen molar-refractivity contribution >= 4 is 28.5 Å². The number of nitrogens with one attached hydrogen (secondary N) is 1. The molecule has 6 nitrogen and oxygen atoms in total. The third-order valence-corrected chi connectivity index (χ3v) is 2.84. The summed E-state index contributed by atoms with van der Waals surface area (Å²) in [4.78, 5) is 10.1. The van der Waals surface area contributed by atoms with E-state index in [4.69, 9.17) is 5.73 Å². The largest absolute Gasteiger partial charge is 0.368 e. The lowest BCUT2D eigenvalue weighted by Gasteiger charge is -2.18. The smallest absolute Gasteiger partial charge is 0.224 e. The van der Waals surface area contributed by atoms with Crippen LogP contribution in [0.15, 0.2) is 30.5 Å². The average molecular weight is 258 g/mol. The van der Waals surface area contributed by atoms with Crippen LogP contribution in [0.5, 0.6) is 0 Å².